The lowest BCUT2D eigenvalue weighted by molar-refractivity contribution is -0.153. The van der Waals surface area contributed by atoms with Crippen molar-refractivity contribution < 1.29 is 14.7 Å². The van der Waals surface area contributed by atoms with Gasteiger partial charge in [-0.1, -0.05) is 12.2 Å². The van der Waals surface area contributed by atoms with Gasteiger partial charge in [0.05, 0.1) is 11.8 Å². The van der Waals surface area contributed by atoms with Gasteiger partial charge in [-0.15, -0.1) is 0 Å². The fraction of sp³-hybridized carbons (Fsp3) is 0.750. The molecule has 5 heteroatoms. The molecule has 0 aromatic heterocycles. The van der Waals surface area contributed by atoms with Crippen LogP contribution in [0, 0.1) is 11.8 Å². The minimum Gasteiger partial charge on any atom is -0.481 e. The Balaban J connectivity index is 1.74. The SMILES string of the molecule is CC1CN2CCCC2CN1C(=O)C1CC=CCC1C(=O)O. The van der Waals surface area contributed by atoms with E-state index < -0.39 is 11.9 Å². The fourth-order valence-corrected chi connectivity index (χ4v) is 4.07. The van der Waals surface area contributed by atoms with E-state index in [0.29, 0.717) is 18.9 Å². The lowest BCUT2D eigenvalue weighted by Gasteiger charge is -2.44. The lowest BCUT2D eigenvalue weighted by Crippen LogP contribution is -2.58. The van der Waals surface area contributed by atoms with E-state index in [1.165, 1.54) is 6.42 Å². The average Bonchev–Trinajstić information content (AvgIpc) is 2.92. The van der Waals surface area contributed by atoms with Gasteiger partial charge >= 0.3 is 5.97 Å². The van der Waals surface area contributed by atoms with E-state index in [2.05, 4.69) is 11.8 Å². The third kappa shape index (κ3) is 2.71. The number of amides is 1. The number of hydrogen-bond acceptors (Lipinski definition) is 3. The highest BCUT2D eigenvalue weighted by Crippen LogP contribution is 2.31. The normalized spacial score (nSPS) is 36.5. The van der Waals surface area contributed by atoms with Crippen LogP contribution in [0.2, 0.25) is 0 Å². The first kappa shape index (κ1) is 14.6. The monoisotopic (exact) mass is 292 g/mol. The van der Waals surface area contributed by atoms with Crippen LogP contribution < -0.4 is 0 Å². The number of rotatable bonds is 2. The Morgan fingerprint density at radius 3 is 2.57 bits per heavy atom. The zero-order valence-electron chi connectivity index (χ0n) is 12.6. The molecule has 0 saturated carbocycles. The smallest absolute Gasteiger partial charge is 0.307 e. The van der Waals surface area contributed by atoms with Crippen molar-refractivity contribution >= 4 is 11.9 Å². The maximum Gasteiger partial charge on any atom is 0.307 e. The summed E-state index contributed by atoms with van der Waals surface area (Å²) >= 11 is 0. The highest BCUT2D eigenvalue weighted by atomic mass is 16.4. The number of nitrogens with zero attached hydrogens (tertiary/aromatic N) is 2. The summed E-state index contributed by atoms with van der Waals surface area (Å²) in [5, 5.41) is 9.36. The Labute approximate surface area is 125 Å². The van der Waals surface area contributed by atoms with Crippen molar-refractivity contribution in [1.29, 1.82) is 0 Å². The van der Waals surface area contributed by atoms with Crippen molar-refractivity contribution in [2.24, 2.45) is 11.8 Å². The number of allylic oxidation sites excluding steroid dienone is 2. The summed E-state index contributed by atoms with van der Waals surface area (Å²) in [5.41, 5.74) is 0. The number of carboxylic acids is 1. The highest BCUT2D eigenvalue weighted by molar-refractivity contribution is 5.85. The molecule has 1 amide bonds. The minimum atomic E-state index is -0.843. The second kappa shape index (κ2) is 5.79. The van der Waals surface area contributed by atoms with Crippen molar-refractivity contribution in [3.8, 4) is 0 Å². The number of carboxylic acid groups (broad SMARTS) is 1. The Hall–Kier alpha value is -1.36. The molecule has 21 heavy (non-hydrogen) atoms. The van der Waals surface area contributed by atoms with Gasteiger partial charge in [0.15, 0.2) is 0 Å². The topological polar surface area (TPSA) is 60.9 Å². The standard InChI is InChI=1S/C16H24N2O3/c1-11-9-17-8-4-5-12(17)10-18(11)15(19)13-6-2-3-7-14(13)16(20)21/h2-3,11-14H,4-10H2,1H3,(H,20,21). The summed E-state index contributed by atoms with van der Waals surface area (Å²) in [6, 6.07) is 0.666. The Morgan fingerprint density at radius 2 is 1.86 bits per heavy atom. The average molecular weight is 292 g/mol. The molecule has 0 radical (unpaired) electrons. The molecule has 1 N–H and O–H groups in total. The molecule has 4 unspecified atom stereocenters. The number of hydrogen-bond donors (Lipinski definition) is 1. The summed E-state index contributed by atoms with van der Waals surface area (Å²) < 4.78 is 0. The largest absolute Gasteiger partial charge is 0.481 e. The molecule has 0 aromatic carbocycles. The van der Waals surface area contributed by atoms with Gasteiger partial charge in [0, 0.05) is 25.2 Å². The molecular formula is C16H24N2O3. The second-order valence-electron chi connectivity index (χ2n) is 6.62. The maximum absolute atomic E-state index is 12.9. The van der Waals surface area contributed by atoms with E-state index in [1.54, 1.807) is 0 Å². The predicted molar refractivity (Wildman–Crippen MR) is 78.8 cm³/mol. The molecule has 3 rings (SSSR count). The van der Waals surface area contributed by atoms with Gasteiger partial charge in [0.1, 0.15) is 0 Å². The molecule has 2 aliphatic heterocycles. The Bertz CT molecular complexity index is 462. The number of piperazine rings is 1. The molecule has 3 aliphatic rings. The maximum atomic E-state index is 12.9. The van der Waals surface area contributed by atoms with Crippen LogP contribution in [0.4, 0.5) is 0 Å². The van der Waals surface area contributed by atoms with Crippen LogP contribution >= 0.6 is 0 Å². The zero-order valence-corrected chi connectivity index (χ0v) is 12.6. The predicted octanol–water partition coefficient (Wildman–Crippen LogP) is 1.35. The number of carbonyl (C=O) groups excluding carboxylic acids is 1. The summed E-state index contributed by atoms with van der Waals surface area (Å²) in [5.74, 6) is -1.74. The molecular weight excluding hydrogens is 268 g/mol. The highest BCUT2D eigenvalue weighted by Gasteiger charge is 2.42. The zero-order chi connectivity index (χ0) is 15.0. The van der Waals surface area contributed by atoms with Crippen molar-refractivity contribution in [1.82, 2.24) is 9.80 Å². The molecule has 116 valence electrons. The first-order chi connectivity index (χ1) is 10.1. The third-order valence-electron chi connectivity index (χ3n) is 5.29. The summed E-state index contributed by atoms with van der Waals surface area (Å²) in [6.07, 6.45) is 7.25. The van der Waals surface area contributed by atoms with Gasteiger partial charge in [0.25, 0.3) is 0 Å². The van der Waals surface area contributed by atoms with Gasteiger partial charge < -0.3 is 10.0 Å². The van der Waals surface area contributed by atoms with Crippen LogP contribution in [0.15, 0.2) is 12.2 Å². The van der Waals surface area contributed by atoms with E-state index in [1.807, 2.05) is 17.1 Å². The van der Waals surface area contributed by atoms with Gasteiger partial charge in [-0.3, -0.25) is 14.5 Å². The van der Waals surface area contributed by atoms with Gasteiger partial charge in [-0.05, 0) is 39.2 Å². The quantitative estimate of drug-likeness (QED) is 0.780. The molecule has 4 atom stereocenters. The number of carbonyl (C=O) groups is 2. The molecule has 0 bridgehead atoms. The first-order valence-corrected chi connectivity index (χ1v) is 8.00. The van der Waals surface area contributed by atoms with E-state index in [4.69, 9.17) is 0 Å². The van der Waals surface area contributed by atoms with Crippen molar-refractivity contribution in [3.05, 3.63) is 12.2 Å². The van der Waals surface area contributed by atoms with Gasteiger partial charge in [-0.2, -0.15) is 0 Å². The molecule has 2 heterocycles. The molecule has 2 saturated heterocycles. The van der Waals surface area contributed by atoms with E-state index in [0.717, 1.165) is 26.1 Å². The summed E-state index contributed by atoms with van der Waals surface area (Å²) in [6.45, 7) is 4.92. The van der Waals surface area contributed by atoms with Crippen LogP contribution in [-0.4, -0.2) is 58.5 Å². The first-order valence-electron chi connectivity index (χ1n) is 8.00. The van der Waals surface area contributed by atoms with Crippen molar-refractivity contribution in [3.63, 3.8) is 0 Å². The number of fused-ring (bicyclic) bond motifs is 1. The third-order valence-corrected chi connectivity index (χ3v) is 5.29. The molecule has 2 fully saturated rings. The second-order valence-corrected chi connectivity index (χ2v) is 6.62. The van der Waals surface area contributed by atoms with E-state index in [9.17, 15) is 14.7 Å². The van der Waals surface area contributed by atoms with Gasteiger partial charge in [-0.25, -0.2) is 0 Å². The molecule has 1 aliphatic carbocycles. The van der Waals surface area contributed by atoms with Crippen LogP contribution in [0.5, 0.6) is 0 Å². The number of aliphatic carboxylic acids is 1. The van der Waals surface area contributed by atoms with E-state index in [-0.39, 0.29) is 17.9 Å². The fourth-order valence-electron chi connectivity index (χ4n) is 4.07. The van der Waals surface area contributed by atoms with Crippen molar-refractivity contribution in [2.45, 2.75) is 44.7 Å². The molecule has 5 nitrogen and oxygen atoms in total. The minimum absolute atomic E-state index is 0.0470. The Kier molecular flexibility index (Phi) is 4.02. The van der Waals surface area contributed by atoms with Crippen molar-refractivity contribution in [2.75, 3.05) is 19.6 Å². The summed E-state index contributed by atoms with van der Waals surface area (Å²) in [4.78, 5) is 28.7. The summed E-state index contributed by atoms with van der Waals surface area (Å²) in [7, 11) is 0. The molecule has 0 aromatic rings. The Morgan fingerprint density at radius 1 is 1.14 bits per heavy atom. The van der Waals surface area contributed by atoms with Gasteiger partial charge in [0.2, 0.25) is 5.91 Å². The lowest BCUT2D eigenvalue weighted by atomic mass is 9.81. The van der Waals surface area contributed by atoms with Crippen LogP contribution in [0.25, 0.3) is 0 Å². The van der Waals surface area contributed by atoms with Crippen LogP contribution in [-0.2, 0) is 9.59 Å². The van der Waals surface area contributed by atoms with E-state index >= 15 is 0 Å². The molecule has 0 spiro atoms. The van der Waals surface area contributed by atoms with Crippen LogP contribution in [0.1, 0.15) is 32.6 Å². The van der Waals surface area contributed by atoms with Crippen LogP contribution in [0.3, 0.4) is 0 Å².